The first-order chi connectivity index (χ1) is 6.62. The first kappa shape index (κ1) is 13.0. The molecule has 0 saturated carbocycles. The standard InChI is InChI=1S/C6H2ClF3INO2S/c7-15(13,14)5-4(6(8,9)10)1-3(11)2-12-5/h1-2H. The summed E-state index contributed by atoms with van der Waals surface area (Å²) in [6.45, 7) is 0. The predicted octanol–water partition coefficient (Wildman–Crippen LogP) is 2.63. The molecule has 0 radical (unpaired) electrons. The van der Waals surface area contributed by atoms with Crippen molar-refractivity contribution in [2.24, 2.45) is 0 Å². The lowest BCUT2D eigenvalue weighted by atomic mass is 10.3. The van der Waals surface area contributed by atoms with Gasteiger partial charge in [0.25, 0.3) is 9.05 Å². The van der Waals surface area contributed by atoms with Crippen LogP contribution in [0.1, 0.15) is 5.56 Å². The van der Waals surface area contributed by atoms with E-state index in [1.807, 2.05) is 0 Å². The van der Waals surface area contributed by atoms with Gasteiger partial charge in [-0.1, -0.05) is 0 Å². The summed E-state index contributed by atoms with van der Waals surface area (Å²) in [5.74, 6) is 0. The molecule has 0 aliphatic heterocycles. The maximum absolute atomic E-state index is 12.4. The highest BCUT2D eigenvalue weighted by atomic mass is 127. The van der Waals surface area contributed by atoms with E-state index in [9.17, 15) is 21.6 Å². The molecular weight excluding hydrogens is 369 g/mol. The summed E-state index contributed by atoms with van der Waals surface area (Å²) >= 11 is 1.59. The average Bonchev–Trinajstić information content (AvgIpc) is 2.00. The highest BCUT2D eigenvalue weighted by molar-refractivity contribution is 14.1. The third-order valence-electron chi connectivity index (χ3n) is 1.35. The molecular formula is C6H2ClF3INO2S. The normalized spacial score (nSPS) is 12.9. The molecule has 0 aliphatic carbocycles. The van der Waals surface area contributed by atoms with Gasteiger partial charge in [0.15, 0.2) is 5.03 Å². The van der Waals surface area contributed by atoms with Gasteiger partial charge in [0.1, 0.15) is 0 Å². The SMILES string of the molecule is O=S(=O)(Cl)c1ncc(I)cc1C(F)(F)F. The monoisotopic (exact) mass is 371 g/mol. The number of pyridine rings is 1. The van der Waals surface area contributed by atoms with Gasteiger partial charge in [-0.15, -0.1) is 0 Å². The second-order valence-corrected chi connectivity index (χ2v) is 6.17. The van der Waals surface area contributed by atoms with Gasteiger partial charge in [-0.2, -0.15) is 13.2 Å². The highest BCUT2D eigenvalue weighted by Gasteiger charge is 2.38. The van der Waals surface area contributed by atoms with E-state index in [1.165, 1.54) is 0 Å². The molecule has 0 amide bonds. The van der Waals surface area contributed by atoms with Crippen molar-refractivity contribution < 1.29 is 21.6 Å². The molecule has 1 aromatic rings. The van der Waals surface area contributed by atoms with Crippen LogP contribution >= 0.6 is 33.3 Å². The molecule has 0 unspecified atom stereocenters. The van der Waals surface area contributed by atoms with Crippen molar-refractivity contribution in [2.45, 2.75) is 11.2 Å². The summed E-state index contributed by atoms with van der Waals surface area (Å²) in [4.78, 5) is 3.17. The predicted molar refractivity (Wildman–Crippen MR) is 55.0 cm³/mol. The summed E-state index contributed by atoms with van der Waals surface area (Å²) in [5, 5.41) is -1.17. The summed E-state index contributed by atoms with van der Waals surface area (Å²) in [5.41, 5.74) is -1.36. The molecule has 0 saturated heterocycles. The van der Waals surface area contributed by atoms with Gasteiger partial charge in [-0.25, -0.2) is 13.4 Å². The van der Waals surface area contributed by atoms with Crippen LogP contribution in [-0.2, 0) is 15.2 Å². The molecule has 1 heterocycles. The third kappa shape index (κ3) is 3.18. The van der Waals surface area contributed by atoms with Crippen LogP contribution in [0.15, 0.2) is 17.3 Å². The Bertz CT molecular complexity index is 488. The van der Waals surface area contributed by atoms with E-state index in [4.69, 9.17) is 10.7 Å². The quantitative estimate of drug-likeness (QED) is 0.563. The molecule has 0 bridgehead atoms. The van der Waals surface area contributed by atoms with Crippen molar-refractivity contribution in [3.8, 4) is 0 Å². The fourth-order valence-corrected chi connectivity index (χ4v) is 2.26. The van der Waals surface area contributed by atoms with Crippen molar-refractivity contribution in [2.75, 3.05) is 0 Å². The Balaban J connectivity index is 3.55. The van der Waals surface area contributed by atoms with Crippen molar-refractivity contribution >= 4 is 42.3 Å². The zero-order chi connectivity index (χ0) is 11.9. The van der Waals surface area contributed by atoms with Crippen LogP contribution in [0.5, 0.6) is 0 Å². The van der Waals surface area contributed by atoms with Crippen LogP contribution in [0, 0.1) is 3.57 Å². The number of rotatable bonds is 1. The largest absolute Gasteiger partial charge is 0.419 e. The van der Waals surface area contributed by atoms with Crippen molar-refractivity contribution in [1.82, 2.24) is 4.98 Å². The van der Waals surface area contributed by atoms with E-state index in [0.29, 0.717) is 6.07 Å². The molecule has 0 aromatic carbocycles. The Hall–Kier alpha value is -0.0900. The second kappa shape index (κ2) is 4.06. The number of alkyl halides is 3. The maximum atomic E-state index is 12.4. The van der Waals surface area contributed by atoms with E-state index < -0.39 is 25.8 Å². The minimum absolute atomic E-state index is 0.170. The van der Waals surface area contributed by atoms with Crippen LogP contribution in [0.25, 0.3) is 0 Å². The molecule has 0 spiro atoms. The Kier molecular flexibility index (Phi) is 3.51. The van der Waals surface area contributed by atoms with E-state index in [1.54, 1.807) is 22.6 Å². The van der Waals surface area contributed by atoms with Crippen LogP contribution < -0.4 is 0 Å². The number of hydrogen-bond donors (Lipinski definition) is 0. The molecule has 0 aliphatic rings. The Labute approximate surface area is 101 Å². The Morgan fingerprint density at radius 3 is 2.33 bits per heavy atom. The zero-order valence-corrected chi connectivity index (χ0v) is 10.4. The first-order valence-electron chi connectivity index (χ1n) is 3.30. The van der Waals surface area contributed by atoms with Crippen LogP contribution in [-0.4, -0.2) is 13.4 Å². The van der Waals surface area contributed by atoms with Crippen molar-refractivity contribution in [3.05, 3.63) is 21.4 Å². The third-order valence-corrected chi connectivity index (χ3v) is 3.17. The summed E-state index contributed by atoms with van der Waals surface area (Å²) in [7, 11) is 0.334. The van der Waals surface area contributed by atoms with Gasteiger partial charge in [0.2, 0.25) is 0 Å². The van der Waals surface area contributed by atoms with Gasteiger partial charge in [-0.3, -0.25) is 0 Å². The van der Waals surface area contributed by atoms with Crippen LogP contribution in [0.4, 0.5) is 13.2 Å². The molecule has 0 fully saturated rings. The van der Waals surface area contributed by atoms with Gasteiger partial charge >= 0.3 is 6.18 Å². The molecule has 84 valence electrons. The molecule has 0 atom stereocenters. The molecule has 1 rings (SSSR count). The lowest BCUT2D eigenvalue weighted by molar-refractivity contribution is -0.140. The van der Waals surface area contributed by atoms with Crippen LogP contribution in [0.3, 0.4) is 0 Å². The number of aromatic nitrogens is 1. The van der Waals surface area contributed by atoms with E-state index >= 15 is 0 Å². The Morgan fingerprint density at radius 1 is 1.40 bits per heavy atom. The number of halogens is 5. The molecule has 3 nitrogen and oxygen atoms in total. The fraction of sp³-hybridized carbons (Fsp3) is 0.167. The van der Waals surface area contributed by atoms with E-state index in [2.05, 4.69) is 4.98 Å². The summed E-state index contributed by atoms with van der Waals surface area (Å²) < 4.78 is 59.0. The number of nitrogens with zero attached hydrogens (tertiary/aromatic N) is 1. The average molecular weight is 372 g/mol. The maximum Gasteiger partial charge on any atom is 0.419 e. The van der Waals surface area contributed by atoms with E-state index in [0.717, 1.165) is 6.20 Å². The van der Waals surface area contributed by atoms with Gasteiger partial charge in [0.05, 0.1) is 5.56 Å². The fourth-order valence-electron chi connectivity index (χ4n) is 0.824. The van der Waals surface area contributed by atoms with Gasteiger partial charge in [-0.05, 0) is 28.7 Å². The molecule has 15 heavy (non-hydrogen) atoms. The topological polar surface area (TPSA) is 47.0 Å². The van der Waals surface area contributed by atoms with Gasteiger partial charge in [0, 0.05) is 20.4 Å². The van der Waals surface area contributed by atoms with Gasteiger partial charge < -0.3 is 0 Å². The highest BCUT2D eigenvalue weighted by Crippen LogP contribution is 2.34. The smallest absolute Gasteiger partial charge is 0.242 e. The minimum Gasteiger partial charge on any atom is -0.242 e. The lowest BCUT2D eigenvalue weighted by Gasteiger charge is -2.09. The second-order valence-electron chi connectivity index (χ2n) is 2.44. The Morgan fingerprint density at radius 2 is 1.93 bits per heavy atom. The minimum atomic E-state index is -4.80. The molecule has 1 aromatic heterocycles. The molecule has 0 N–H and O–H groups in total. The summed E-state index contributed by atoms with van der Waals surface area (Å²) in [6, 6.07) is 0.669. The zero-order valence-electron chi connectivity index (χ0n) is 6.72. The van der Waals surface area contributed by atoms with E-state index in [-0.39, 0.29) is 3.57 Å². The summed E-state index contributed by atoms with van der Waals surface area (Å²) in [6.07, 6.45) is -3.81. The van der Waals surface area contributed by atoms with Crippen LogP contribution in [0.2, 0.25) is 0 Å². The van der Waals surface area contributed by atoms with Crippen molar-refractivity contribution in [1.29, 1.82) is 0 Å². The van der Waals surface area contributed by atoms with Crippen molar-refractivity contribution in [3.63, 3.8) is 0 Å². The lowest BCUT2D eigenvalue weighted by Crippen LogP contribution is -2.12. The number of hydrogen-bond acceptors (Lipinski definition) is 3. The molecule has 9 heteroatoms. The first-order valence-corrected chi connectivity index (χ1v) is 6.68.